The van der Waals surface area contributed by atoms with Crippen molar-refractivity contribution in [1.82, 2.24) is 9.88 Å². The Bertz CT molecular complexity index is 464. The fourth-order valence-electron chi connectivity index (χ4n) is 1.50. The molecule has 2 aromatic rings. The minimum atomic E-state index is 0.439. The van der Waals surface area contributed by atoms with Crippen LogP contribution in [0, 0.1) is 0 Å². The summed E-state index contributed by atoms with van der Waals surface area (Å²) in [7, 11) is 1.90. The Kier molecular flexibility index (Phi) is 2.78. The van der Waals surface area contributed by atoms with Crippen molar-refractivity contribution in [1.29, 1.82) is 0 Å². The first kappa shape index (κ1) is 9.86. The molecule has 0 unspecified atom stereocenters. The van der Waals surface area contributed by atoms with Crippen LogP contribution in [0.3, 0.4) is 0 Å². The van der Waals surface area contributed by atoms with Gasteiger partial charge in [0.25, 0.3) is 0 Å². The van der Waals surface area contributed by atoms with Crippen molar-refractivity contribution in [3.63, 3.8) is 0 Å². The Labute approximate surface area is 87.5 Å². The number of aromatic nitrogens is 1. The van der Waals surface area contributed by atoms with Gasteiger partial charge >= 0.3 is 0 Å². The highest BCUT2D eigenvalue weighted by Gasteiger charge is 2.02. The van der Waals surface area contributed by atoms with E-state index in [2.05, 4.69) is 4.98 Å². The average Bonchev–Trinajstić information content (AvgIpc) is 2.65. The van der Waals surface area contributed by atoms with Crippen LogP contribution < -0.4 is 0 Å². The highest BCUT2D eigenvalue weighted by atomic mass is 16.3. The topological polar surface area (TPSA) is 46.3 Å². The van der Waals surface area contributed by atoms with Gasteiger partial charge in [0.15, 0.2) is 12.0 Å². The van der Waals surface area contributed by atoms with Gasteiger partial charge in [-0.15, -0.1) is 0 Å². The monoisotopic (exact) mass is 204 g/mol. The number of oxazole rings is 1. The molecule has 1 aromatic heterocycles. The van der Waals surface area contributed by atoms with Crippen molar-refractivity contribution in [2.24, 2.45) is 0 Å². The Morgan fingerprint density at radius 2 is 2.40 bits per heavy atom. The first-order valence-corrected chi connectivity index (χ1v) is 4.74. The van der Waals surface area contributed by atoms with E-state index in [0.717, 1.165) is 29.5 Å². The third-order valence-corrected chi connectivity index (χ3v) is 2.23. The number of likely N-dealkylation sites (N-methyl/N-ethyl adjacent to an activating group) is 1. The van der Waals surface area contributed by atoms with Crippen molar-refractivity contribution < 1.29 is 9.21 Å². The largest absolute Gasteiger partial charge is 0.443 e. The van der Waals surface area contributed by atoms with Gasteiger partial charge in [-0.05, 0) is 24.7 Å². The van der Waals surface area contributed by atoms with E-state index < -0.39 is 0 Å². The van der Waals surface area contributed by atoms with E-state index >= 15 is 0 Å². The number of benzene rings is 1. The molecule has 1 aromatic carbocycles. The molecule has 0 bridgehead atoms. The summed E-state index contributed by atoms with van der Waals surface area (Å²) in [6, 6.07) is 5.86. The molecule has 0 aliphatic carbocycles. The zero-order valence-electron chi connectivity index (χ0n) is 8.51. The molecule has 0 atom stereocenters. The zero-order valence-corrected chi connectivity index (χ0v) is 8.51. The predicted molar refractivity (Wildman–Crippen MR) is 56.4 cm³/mol. The van der Waals surface area contributed by atoms with Crippen molar-refractivity contribution in [3.05, 3.63) is 30.2 Å². The third kappa shape index (κ3) is 2.22. The first-order chi connectivity index (χ1) is 7.29. The number of carbonyl (C=O) groups is 1. The molecular weight excluding hydrogens is 192 g/mol. The molecule has 1 heterocycles. The molecule has 0 saturated carbocycles. The number of hydrogen-bond donors (Lipinski definition) is 0. The Morgan fingerprint density at radius 1 is 1.53 bits per heavy atom. The van der Waals surface area contributed by atoms with Crippen LogP contribution in [0.2, 0.25) is 0 Å². The Balaban J connectivity index is 2.17. The molecule has 0 aliphatic heterocycles. The van der Waals surface area contributed by atoms with Gasteiger partial charge in [0.2, 0.25) is 0 Å². The predicted octanol–water partition coefficient (Wildman–Crippen LogP) is 1.46. The van der Waals surface area contributed by atoms with Gasteiger partial charge in [-0.1, -0.05) is 6.07 Å². The second-order valence-corrected chi connectivity index (χ2v) is 3.52. The number of rotatable bonds is 4. The van der Waals surface area contributed by atoms with Crippen LogP contribution >= 0.6 is 0 Å². The van der Waals surface area contributed by atoms with Gasteiger partial charge in [0, 0.05) is 6.54 Å². The van der Waals surface area contributed by atoms with E-state index in [1.54, 1.807) is 0 Å². The van der Waals surface area contributed by atoms with Crippen LogP contribution in [0.1, 0.15) is 5.56 Å². The Hall–Kier alpha value is -1.68. The Morgan fingerprint density at radius 3 is 3.20 bits per heavy atom. The van der Waals surface area contributed by atoms with Crippen molar-refractivity contribution in [2.45, 2.75) is 6.54 Å². The molecule has 0 saturated heterocycles. The summed E-state index contributed by atoms with van der Waals surface area (Å²) in [4.78, 5) is 16.3. The molecule has 4 heteroatoms. The molecule has 15 heavy (non-hydrogen) atoms. The summed E-state index contributed by atoms with van der Waals surface area (Å²) in [5, 5.41) is 0. The average molecular weight is 204 g/mol. The molecular formula is C11H12N2O2. The van der Waals surface area contributed by atoms with Crippen LogP contribution in [0.5, 0.6) is 0 Å². The van der Waals surface area contributed by atoms with Crippen molar-refractivity contribution in [2.75, 3.05) is 13.6 Å². The number of aldehydes is 1. The smallest absolute Gasteiger partial charge is 0.181 e. The molecule has 0 N–H and O–H groups in total. The highest BCUT2D eigenvalue weighted by molar-refractivity contribution is 5.72. The fourth-order valence-corrected chi connectivity index (χ4v) is 1.50. The number of fused-ring (bicyclic) bond motifs is 1. The van der Waals surface area contributed by atoms with E-state index in [1.165, 1.54) is 6.39 Å². The maximum absolute atomic E-state index is 10.3. The van der Waals surface area contributed by atoms with Gasteiger partial charge in [-0.2, -0.15) is 0 Å². The first-order valence-electron chi connectivity index (χ1n) is 4.74. The summed E-state index contributed by atoms with van der Waals surface area (Å²) in [6.07, 6.45) is 2.33. The minimum absolute atomic E-state index is 0.439. The summed E-state index contributed by atoms with van der Waals surface area (Å²) in [5.41, 5.74) is 2.76. The molecule has 0 aliphatic rings. The maximum atomic E-state index is 10.3. The second-order valence-electron chi connectivity index (χ2n) is 3.52. The molecule has 0 spiro atoms. The number of hydrogen-bond acceptors (Lipinski definition) is 4. The van der Waals surface area contributed by atoms with E-state index in [-0.39, 0.29) is 0 Å². The van der Waals surface area contributed by atoms with Crippen LogP contribution in [0.4, 0.5) is 0 Å². The SMILES string of the molecule is CN(CC=O)Cc1ccc2ncoc2c1. The summed E-state index contributed by atoms with van der Waals surface area (Å²) in [6.45, 7) is 1.17. The number of nitrogens with zero attached hydrogens (tertiary/aromatic N) is 2. The third-order valence-electron chi connectivity index (χ3n) is 2.23. The van der Waals surface area contributed by atoms with E-state index in [4.69, 9.17) is 4.42 Å². The van der Waals surface area contributed by atoms with Gasteiger partial charge in [-0.3, -0.25) is 4.90 Å². The summed E-state index contributed by atoms with van der Waals surface area (Å²) >= 11 is 0. The minimum Gasteiger partial charge on any atom is -0.443 e. The fraction of sp³-hybridized carbons (Fsp3) is 0.273. The van der Waals surface area contributed by atoms with E-state index in [0.29, 0.717) is 6.54 Å². The zero-order chi connectivity index (χ0) is 10.7. The molecule has 78 valence electrons. The van der Waals surface area contributed by atoms with E-state index in [9.17, 15) is 4.79 Å². The summed E-state index contributed by atoms with van der Waals surface area (Å²) in [5.74, 6) is 0. The summed E-state index contributed by atoms with van der Waals surface area (Å²) < 4.78 is 5.20. The van der Waals surface area contributed by atoms with Crippen LogP contribution in [-0.2, 0) is 11.3 Å². The lowest BCUT2D eigenvalue weighted by molar-refractivity contribution is -0.108. The lowest BCUT2D eigenvalue weighted by atomic mass is 10.2. The lowest BCUT2D eigenvalue weighted by Gasteiger charge is -2.12. The molecule has 0 radical (unpaired) electrons. The highest BCUT2D eigenvalue weighted by Crippen LogP contribution is 2.14. The molecule has 0 fully saturated rings. The van der Waals surface area contributed by atoms with Crippen molar-refractivity contribution >= 4 is 17.4 Å². The maximum Gasteiger partial charge on any atom is 0.181 e. The van der Waals surface area contributed by atoms with Gasteiger partial charge in [0.1, 0.15) is 11.8 Å². The van der Waals surface area contributed by atoms with Crippen LogP contribution in [0.15, 0.2) is 29.0 Å². The molecule has 0 amide bonds. The van der Waals surface area contributed by atoms with Gasteiger partial charge in [-0.25, -0.2) is 4.98 Å². The second kappa shape index (κ2) is 4.23. The normalized spacial score (nSPS) is 11.1. The van der Waals surface area contributed by atoms with E-state index in [1.807, 2.05) is 30.1 Å². The lowest BCUT2D eigenvalue weighted by Crippen LogP contribution is -2.19. The molecule has 4 nitrogen and oxygen atoms in total. The quantitative estimate of drug-likeness (QED) is 0.707. The number of carbonyl (C=O) groups excluding carboxylic acids is 1. The van der Waals surface area contributed by atoms with Crippen LogP contribution in [-0.4, -0.2) is 29.8 Å². The van der Waals surface area contributed by atoms with Gasteiger partial charge in [0.05, 0.1) is 6.54 Å². The molecule has 2 rings (SSSR count). The standard InChI is InChI=1S/C11H12N2O2/c1-13(4-5-14)7-9-2-3-10-11(6-9)15-8-12-10/h2-3,5-6,8H,4,7H2,1H3. The van der Waals surface area contributed by atoms with Crippen LogP contribution in [0.25, 0.3) is 11.1 Å². The van der Waals surface area contributed by atoms with Gasteiger partial charge < -0.3 is 9.21 Å². The van der Waals surface area contributed by atoms with Crippen molar-refractivity contribution in [3.8, 4) is 0 Å².